The average Bonchev–Trinajstić information content (AvgIpc) is 2.48. The van der Waals surface area contributed by atoms with Crippen LogP contribution in [0.15, 0.2) is 24.5 Å². The summed E-state index contributed by atoms with van der Waals surface area (Å²) in [5, 5.41) is 3.07. The molecule has 1 amide bonds. The van der Waals surface area contributed by atoms with E-state index in [1.54, 1.807) is 24.5 Å². The molecule has 1 saturated carbocycles. The molecule has 1 aliphatic heterocycles. The maximum atomic E-state index is 12.1. The molecule has 1 N–H and O–H groups in total. The Morgan fingerprint density at radius 3 is 2.68 bits per heavy atom. The number of rotatable bonds is 2. The van der Waals surface area contributed by atoms with Crippen molar-refractivity contribution >= 4 is 5.91 Å². The maximum absolute atomic E-state index is 12.1. The van der Waals surface area contributed by atoms with Gasteiger partial charge in [-0.3, -0.25) is 9.78 Å². The molecule has 2 fully saturated rings. The van der Waals surface area contributed by atoms with Crippen LogP contribution in [0.3, 0.4) is 0 Å². The molecule has 19 heavy (non-hydrogen) atoms. The van der Waals surface area contributed by atoms with Gasteiger partial charge in [-0.25, -0.2) is 0 Å². The maximum Gasteiger partial charge on any atom is 0.251 e. The molecule has 3 rings (SSSR count). The monoisotopic (exact) mass is 262 g/mol. The van der Waals surface area contributed by atoms with Gasteiger partial charge in [-0.05, 0) is 31.4 Å². The Bertz CT molecular complexity index is 438. The van der Waals surface area contributed by atoms with Crippen molar-refractivity contribution in [2.45, 2.75) is 37.5 Å². The zero-order valence-electron chi connectivity index (χ0n) is 10.7. The van der Waals surface area contributed by atoms with Gasteiger partial charge in [0.25, 0.3) is 5.91 Å². The van der Waals surface area contributed by atoms with Crippen LogP contribution in [0.25, 0.3) is 0 Å². The van der Waals surface area contributed by atoms with Crippen molar-refractivity contribution in [3.05, 3.63) is 30.1 Å². The van der Waals surface area contributed by atoms with Gasteiger partial charge in [-0.2, -0.15) is 0 Å². The van der Waals surface area contributed by atoms with Crippen LogP contribution < -0.4 is 5.32 Å². The van der Waals surface area contributed by atoms with E-state index in [1.807, 2.05) is 0 Å². The lowest BCUT2D eigenvalue weighted by Crippen LogP contribution is -2.49. The number of nitrogens with zero attached hydrogens (tertiary/aromatic N) is 1. The smallest absolute Gasteiger partial charge is 0.251 e. The number of aromatic nitrogens is 1. The number of fused-ring (bicyclic) bond motifs is 1. The Morgan fingerprint density at radius 2 is 1.89 bits per heavy atom. The fourth-order valence-corrected chi connectivity index (χ4v) is 2.77. The van der Waals surface area contributed by atoms with Gasteiger partial charge in [0, 0.05) is 24.0 Å². The Kier molecular flexibility index (Phi) is 3.75. The summed E-state index contributed by atoms with van der Waals surface area (Å²) in [7, 11) is 0. The van der Waals surface area contributed by atoms with Crippen LogP contribution >= 0.6 is 0 Å². The lowest BCUT2D eigenvalue weighted by molar-refractivity contribution is -0.157. The van der Waals surface area contributed by atoms with Crippen LogP contribution in [0.2, 0.25) is 0 Å². The number of hydrogen-bond acceptors (Lipinski definition) is 4. The highest BCUT2D eigenvalue weighted by atomic mass is 16.6. The first-order chi connectivity index (χ1) is 9.33. The number of ether oxygens (including phenoxy) is 2. The summed E-state index contributed by atoms with van der Waals surface area (Å²) in [6, 6.07) is 3.62. The SMILES string of the molecule is O=C(N[C@@H]1CC[C@@H]2OCCO[C@H]2C1)c1ccncc1. The van der Waals surface area contributed by atoms with Crippen LogP contribution in [0.4, 0.5) is 0 Å². The molecule has 0 aromatic carbocycles. The summed E-state index contributed by atoms with van der Waals surface area (Å²) in [5.41, 5.74) is 0.651. The van der Waals surface area contributed by atoms with Gasteiger partial charge in [0.15, 0.2) is 0 Å². The quantitative estimate of drug-likeness (QED) is 0.868. The second-order valence-corrected chi connectivity index (χ2v) is 5.04. The number of nitrogens with one attached hydrogen (secondary N) is 1. The second kappa shape index (κ2) is 5.67. The van der Waals surface area contributed by atoms with Crippen molar-refractivity contribution in [2.75, 3.05) is 13.2 Å². The Morgan fingerprint density at radius 1 is 1.16 bits per heavy atom. The van der Waals surface area contributed by atoms with E-state index < -0.39 is 0 Å². The zero-order valence-corrected chi connectivity index (χ0v) is 10.7. The van der Waals surface area contributed by atoms with Crippen LogP contribution in [0, 0.1) is 0 Å². The largest absolute Gasteiger partial charge is 0.373 e. The molecule has 1 aromatic heterocycles. The molecule has 1 saturated heterocycles. The lowest BCUT2D eigenvalue weighted by Gasteiger charge is -2.39. The molecule has 3 atom stereocenters. The van der Waals surface area contributed by atoms with Gasteiger partial charge in [0.1, 0.15) is 0 Å². The number of carbonyl (C=O) groups is 1. The van der Waals surface area contributed by atoms with Crippen molar-refractivity contribution in [3.63, 3.8) is 0 Å². The van der Waals surface area contributed by atoms with Gasteiger partial charge in [-0.15, -0.1) is 0 Å². The van der Waals surface area contributed by atoms with Crippen LogP contribution in [-0.2, 0) is 9.47 Å². The summed E-state index contributed by atoms with van der Waals surface area (Å²) in [4.78, 5) is 16.0. The third-order valence-corrected chi connectivity index (χ3v) is 3.76. The zero-order chi connectivity index (χ0) is 13.1. The summed E-state index contributed by atoms with van der Waals surface area (Å²) in [6.07, 6.45) is 6.33. The fraction of sp³-hybridized carbons (Fsp3) is 0.571. The minimum atomic E-state index is -0.0393. The van der Waals surface area contributed by atoms with E-state index >= 15 is 0 Å². The third-order valence-electron chi connectivity index (χ3n) is 3.76. The van der Waals surface area contributed by atoms with E-state index in [9.17, 15) is 4.79 Å². The predicted molar refractivity (Wildman–Crippen MR) is 68.8 cm³/mol. The summed E-state index contributed by atoms with van der Waals surface area (Å²) in [6.45, 7) is 1.35. The number of amides is 1. The number of hydrogen-bond donors (Lipinski definition) is 1. The topological polar surface area (TPSA) is 60.5 Å². The van der Waals surface area contributed by atoms with Gasteiger partial charge in [0.2, 0.25) is 0 Å². The van der Waals surface area contributed by atoms with Crippen molar-refractivity contribution in [1.82, 2.24) is 10.3 Å². The second-order valence-electron chi connectivity index (χ2n) is 5.04. The van der Waals surface area contributed by atoms with E-state index in [-0.39, 0.29) is 24.2 Å². The first kappa shape index (κ1) is 12.6. The number of carbonyl (C=O) groups excluding carboxylic acids is 1. The third kappa shape index (κ3) is 2.93. The van der Waals surface area contributed by atoms with E-state index in [0.29, 0.717) is 18.8 Å². The van der Waals surface area contributed by atoms with Crippen molar-refractivity contribution < 1.29 is 14.3 Å². The minimum absolute atomic E-state index is 0.0393. The normalized spacial score (nSPS) is 30.4. The minimum Gasteiger partial charge on any atom is -0.373 e. The van der Waals surface area contributed by atoms with Crippen molar-refractivity contribution in [2.24, 2.45) is 0 Å². The molecule has 0 unspecified atom stereocenters. The molecule has 5 heteroatoms. The number of pyridine rings is 1. The lowest BCUT2D eigenvalue weighted by atomic mass is 9.89. The summed E-state index contributed by atoms with van der Waals surface area (Å²) >= 11 is 0. The molecule has 102 valence electrons. The highest BCUT2D eigenvalue weighted by molar-refractivity contribution is 5.94. The molecular weight excluding hydrogens is 244 g/mol. The molecule has 0 bridgehead atoms. The van der Waals surface area contributed by atoms with Crippen molar-refractivity contribution in [1.29, 1.82) is 0 Å². The highest BCUT2D eigenvalue weighted by Gasteiger charge is 2.34. The molecular formula is C14H18N2O3. The van der Waals surface area contributed by atoms with Crippen LogP contribution in [0.1, 0.15) is 29.6 Å². The molecule has 5 nitrogen and oxygen atoms in total. The molecule has 1 aromatic rings. The standard InChI is InChI=1S/C14H18N2O3/c17-14(10-3-5-15-6-4-10)16-11-1-2-12-13(9-11)19-8-7-18-12/h3-6,11-13H,1-2,7-9H2,(H,16,17)/t11-,12+,13+/m1/s1. The van der Waals surface area contributed by atoms with E-state index in [1.165, 1.54) is 0 Å². The molecule has 2 aliphatic rings. The van der Waals surface area contributed by atoms with E-state index in [2.05, 4.69) is 10.3 Å². The summed E-state index contributed by atoms with van der Waals surface area (Å²) < 4.78 is 11.4. The molecule has 2 heterocycles. The van der Waals surface area contributed by atoms with Crippen LogP contribution in [0.5, 0.6) is 0 Å². The van der Waals surface area contributed by atoms with Crippen molar-refractivity contribution in [3.8, 4) is 0 Å². The molecule has 1 aliphatic carbocycles. The molecule has 0 spiro atoms. The Labute approximate surface area is 112 Å². The van der Waals surface area contributed by atoms with Gasteiger partial charge < -0.3 is 14.8 Å². The highest BCUT2D eigenvalue weighted by Crippen LogP contribution is 2.26. The first-order valence-corrected chi connectivity index (χ1v) is 6.77. The average molecular weight is 262 g/mol. The van der Waals surface area contributed by atoms with Gasteiger partial charge in [-0.1, -0.05) is 0 Å². The fourth-order valence-electron chi connectivity index (χ4n) is 2.77. The predicted octanol–water partition coefficient (Wildman–Crippen LogP) is 1.15. The van der Waals surface area contributed by atoms with Crippen LogP contribution in [-0.4, -0.2) is 42.4 Å². The van der Waals surface area contributed by atoms with Gasteiger partial charge in [0.05, 0.1) is 25.4 Å². The summed E-state index contributed by atoms with van der Waals surface area (Å²) in [5.74, 6) is -0.0393. The van der Waals surface area contributed by atoms with E-state index in [4.69, 9.17) is 9.47 Å². The Balaban J connectivity index is 1.57. The first-order valence-electron chi connectivity index (χ1n) is 6.77. The van der Waals surface area contributed by atoms with Gasteiger partial charge >= 0.3 is 0 Å². The Hall–Kier alpha value is -1.46. The van der Waals surface area contributed by atoms with E-state index in [0.717, 1.165) is 19.3 Å². The molecule has 0 radical (unpaired) electrons.